The van der Waals surface area contributed by atoms with Crippen molar-refractivity contribution in [2.75, 3.05) is 11.9 Å². The highest BCUT2D eigenvalue weighted by atomic mass is 35.5. The highest BCUT2D eigenvalue weighted by Gasteiger charge is 2.41. The van der Waals surface area contributed by atoms with Gasteiger partial charge < -0.3 is 4.57 Å². The zero-order chi connectivity index (χ0) is 22.3. The molecular weight excluding hydrogens is 414 g/mol. The topological polar surface area (TPSA) is 62.6 Å². The van der Waals surface area contributed by atoms with Crippen LogP contribution in [0.5, 0.6) is 0 Å². The molecule has 4 rings (SSSR count). The SMILES string of the molecule is Cc1cc(/C=C2\C(=O)N(C)C(=O)N(c3ccccc3)C2=O)c(C)n1-c1cccc(Cl)c1. The lowest BCUT2D eigenvalue weighted by molar-refractivity contribution is -0.128. The summed E-state index contributed by atoms with van der Waals surface area (Å²) in [5, 5.41) is 0.612. The monoisotopic (exact) mass is 433 g/mol. The van der Waals surface area contributed by atoms with Crippen LogP contribution in [-0.2, 0) is 9.59 Å². The fourth-order valence-corrected chi connectivity index (χ4v) is 3.93. The highest BCUT2D eigenvalue weighted by molar-refractivity contribution is 6.39. The number of carbonyl (C=O) groups is 3. The van der Waals surface area contributed by atoms with Gasteiger partial charge in [0.1, 0.15) is 5.57 Å². The van der Waals surface area contributed by atoms with Gasteiger partial charge in [0.05, 0.1) is 5.69 Å². The Balaban J connectivity index is 1.81. The molecule has 0 aliphatic carbocycles. The van der Waals surface area contributed by atoms with Gasteiger partial charge in [-0.05, 0) is 61.9 Å². The number of anilines is 1. The number of benzene rings is 2. The number of imide groups is 2. The summed E-state index contributed by atoms with van der Waals surface area (Å²) in [6.07, 6.45) is 1.55. The summed E-state index contributed by atoms with van der Waals surface area (Å²) in [6, 6.07) is 17.2. The Morgan fingerprint density at radius 3 is 2.19 bits per heavy atom. The lowest BCUT2D eigenvalue weighted by atomic mass is 10.1. The van der Waals surface area contributed by atoms with E-state index >= 15 is 0 Å². The van der Waals surface area contributed by atoms with Crippen molar-refractivity contribution in [3.63, 3.8) is 0 Å². The third-order valence-electron chi connectivity index (χ3n) is 5.30. The molecule has 3 aromatic rings. The number of amides is 4. The molecule has 1 aliphatic heterocycles. The lowest BCUT2D eigenvalue weighted by Crippen LogP contribution is -2.55. The van der Waals surface area contributed by atoms with Crippen LogP contribution in [-0.4, -0.2) is 34.4 Å². The predicted molar refractivity (Wildman–Crippen MR) is 120 cm³/mol. The molecule has 0 N–H and O–H groups in total. The van der Waals surface area contributed by atoms with E-state index in [0.717, 1.165) is 26.9 Å². The number of aromatic nitrogens is 1. The molecule has 1 fully saturated rings. The van der Waals surface area contributed by atoms with Crippen molar-refractivity contribution in [1.29, 1.82) is 0 Å². The summed E-state index contributed by atoms with van der Waals surface area (Å²) in [7, 11) is 1.37. The number of likely N-dealkylation sites (N-methyl/N-ethyl adjacent to an activating group) is 1. The number of barbiturate groups is 1. The van der Waals surface area contributed by atoms with E-state index in [1.54, 1.807) is 42.5 Å². The minimum atomic E-state index is -0.678. The van der Waals surface area contributed by atoms with Crippen molar-refractivity contribution < 1.29 is 14.4 Å². The number of carbonyl (C=O) groups excluding carboxylic acids is 3. The summed E-state index contributed by atoms with van der Waals surface area (Å²) in [5.74, 6) is -1.28. The molecule has 0 bridgehead atoms. The quantitative estimate of drug-likeness (QED) is 0.442. The third-order valence-corrected chi connectivity index (χ3v) is 5.53. The Morgan fingerprint density at radius 1 is 0.839 bits per heavy atom. The van der Waals surface area contributed by atoms with Crippen LogP contribution in [0.15, 0.2) is 66.2 Å². The van der Waals surface area contributed by atoms with Gasteiger partial charge in [-0.25, -0.2) is 9.69 Å². The number of hydrogen-bond donors (Lipinski definition) is 0. The highest BCUT2D eigenvalue weighted by Crippen LogP contribution is 2.28. The molecule has 1 aromatic heterocycles. The average Bonchev–Trinajstić information content (AvgIpc) is 3.03. The molecule has 0 spiro atoms. The van der Waals surface area contributed by atoms with E-state index in [1.807, 2.05) is 42.7 Å². The van der Waals surface area contributed by atoms with E-state index in [0.29, 0.717) is 16.3 Å². The maximum absolute atomic E-state index is 13.2. The van der Waals surface area contributed by atoms with Crippen molar-refractivity contribution in [3.05, 3.63) is 88.2 Å². The first kappa shape index (κ1) is 20.6. The number of nitrogens with zero attached hydrogens (tertiary/aromatic N) is 3. The Hall–Kier alpha value is -3.64. The summed E-state index contributed by atoms with van der Waals surface area (Å²) in [6.45, 7) is 3.84. The molecule has 0 saturated carbocycles. The molecule has 0 atom stereocenters. The molecule has 1 aliphatic rings. The molecule has 2 aromatic carbocycles. The van der Waals surface area contributed by atoms with Gasteiger partial charge in [0.25, 0.3) is 11.8 Å². The van der Waals surface area contributed by atoms with E-state index in [9.17, 15) is 14.4 Å². The fraction of sp³-hybridized carbons (Fsp3) is 0.125. The Kier molecular flexibility index (Phi) is 5.25. The van der Waals surface area contributed by atoms with Gasteiger partial charge in [-0.1, -0.05) is 35.9 Å². The molecule has 0 radical (unpaired) electrons. The van der Waals surface area contributed by atoms with Crippen molar-refractivity contribution in [2.24, 2.45) is 0 Å². The van der Waals surface area contributed by atoms with Crippen LogP contribution in [0.25, 0.3) is 11.8 Å². The predicted octanol–water partition coefficient (Wildman–Crippen LogP) is 4.76. The normalized spacial score (nSPS) is 15.9. The second-order valence-electron chi connectivity index (χ2n) is 7.32. The van der Waals surface area contributed by atoms with Crippen molar-refractivity contribution >= 4 is 41.2 Å². The van der Waals surface area contributed by atoms with Crippen LogP contribution >= 0.6 is 11.6 Å². The Labute approximate surface area is 184 Å². The molecule has 0 unspecified atom stereocenters. The molecule has 1 saturated heterocycles. The largest absolute Gasteiger partial charge is 0.338 e. The zero-order valence-electron chi connectivity index (χ0n) is 17.3. The summed E-state index contributed by atoms with van der Waals surface area (Å²) >= 11 is 6.15. The zero-order valence-corrected chi connectivity index (χ0v) is 18.1. The molecule has 31 heavy (non-hydrogen) atoms. The number of halogens is 1. The van der Waals surface area contributed by atoms with Crippen LogP contribution in [0.3, 0.4) is 0 Å². The molecular formula is C24H20ClN3O3. The smallest absolute Gasteiger partial charge is 0.318 e. The summed E-state index contributed by atoms with van der Waals surface area (Å²) < 4.78 is 2.00. The minimum Gasteiger partial charge on any atom is -0.318 e. The first-order valence-corrected chi connectivity index (χ1v) is 10.1. The van der Waals surface area contributed by atoms with E-state index in [2.05, 4.69) is 0 Å². The maximum atomic E-state index is 13.2. The van der Waals surface area contributed by atoms with Gasteiger partial charge in [0.15, 0.2) is 0 Å². The van der Waals surface area contributed by atoms with Gasteiger partial charge in [-0.2, -0.15) is 0 Å². The van der Waals surface area contributed by atoms with E-state index in [1.165, 1.54) is 7.05 Å². The number of hydrogen-bond acceptors (Lipinski definition) is 3. The Bertz CT molecular complexity index is 1240. The second-order valence-corrected chi connectivity index (χ2v) is 7.76. The van der Waals surface area contributed by atoms with E-state index in [-0.39, 0.29) is 5.57 Å². The summed E-state index contributed by atoms with van der Waals surface area (Å²) in [5.41, 5.74) is 3.70. The third kappa shape index (κ3) is 3.55. The average molecular weight is 434 g/mol. The maximum Gasteiger partial charge on any atom is 0.338 e. The fourth-order valence-electron chi connectivity index (χ4n) is 3.75. The number of urea groups is 1. The Morgan fingerprint density at radius 2 is 1.52 bits per heavy atom. The van der Waals surface area contributed by atoms with Gasteiger partial charge in [0, 0.05) is 29.1 Å². The van der Waals surface area contributed by atoms with Gasteiger partial charge in [-0.15, -0.1) is 0 Å². The number of rotatable bonds is 3. The van der Waals surface area contributed by atoms with Crippen LogP contribution in [0, 0.1) is 13.8 Å². The van der Waals surface area contributed by atoms with Crippen molar-refractivity contribution in [3.8, 4) is 5.69 Å². The number of aryl methyl sites for hydroxylation is 1. The second kappa shape index (κ2) is 7.89. The van der Waals surface area contributed by atoms with Crippen LogP contribution in [0.4, 0.5) is 10.5 Å². The van der Waals surface area contributed by atoms with Crippen LogP contribution in [0.1, 0.15) is 17.0 Å². The number of para-hydroxylation sites is 1. The first-order valence-electron chi connectivity index (χ1n) is 9.67. The van der Waals surface area contributed by atoms with Gasteiger partial charge in [-0.3, -0.25) is 14.5 Å². The first-order chi connectivity index (χ1) is 14.8. The molecule has 6 nitrogen and oxygen atoms in total. The van der Waals surface area contributed by atoms with Gasteiger partial charge >= 0.3 is 6.03 Å². The molecule has 156 valence electrons. The van der Waals surface area contributed by atoms with Gasteiger partial charge in [0.2, 0.25) is 0 Å². The molecule has 4 amide bonds. The lowest BCUT2D eigenvalue weighted by Gasteiger charge is -2.31. The standard InChI is InChI=1S/C24H20ClN3O3/c1-15-12-17(16(2)27(15)20-11-7-8-18(25)14-20)13-21-22(29)26(3)24(31)28(23(21)30)19-9-5-4-6-10-19/h4-14H,1-3H3/b21-13+. The van der Waals surface area contributed by atoms with E-state index < -0.39 is 17.8 Å². The van der Waals surface area contributed by atoms with Crippen LogP contribution < -0.4 is 4.90 Å². The van der Waals surface area contributed by atoms with E-state index in [4.69, 9.17) is 11.6 Å². The summed E-state index contributed by atoms with van der Waals surface area (Å²) in [4.78, 5) is 40.6. The van der Waals surface area contributed by atoms with Crippen LogP contribution in [0.2, 0.25) is 5.02 Å². The molecule has 7 heteroatoms. The molecule has 2 heterocycles. The van der Waals surface area contributed by atoms with Crippen molar-refractivity contribution in [1.82, 2.24) is 9.47 Å². The van der Waals surface area contributed by atoms with Crippen molar-refractivity contribution in [2.45, 2.75) is 13.8 Å². The minimum absolute atomic E-state index is 0.0719.